The molecule has 1 fully saturated rings. The molecule has 0 atom stereocenters. The molecule has 0 spiro atoms. The zero-order valence-corrected chi connectivity index (χ0v) is 21.3. The highest BCUT2D eigenvalue weighted by Gasteiger charge is 2.30. The third kappa shape index (κ3) is 5.37. The maximum absolute atomic E-state index is 14.9. The van der Waals surface area contributed by atoms with E-state index in [1.807, 2.05) is 6.92 Å². The molecule has 0 unspecified atom stereocenters. The second-order valence-corrected chi connectivity index (χ2v) is 9.59. The number of nitrogens with zero attached hydrogens (tertiary/aromatic N) is 3. The summed E-state index contributed by atoms with van der Waals surface area (Å²) in [6.07, 6.45) is 5.08. The number of anilines is 2. The molecule has 0 aliphatic heterocycles. The Kier molecular flexibility index (Phi) is 6.43. The molecule has 2 amide bonds. The monoisotopic (exact) mass is 539 g/mol. The smallest absolute Gasteiger partial charge is 0.274 e. The van der Waals surface area contributed by atoms with E-state index in [0.29, 0.717) is 28.5 Å². The van der Waals surface area contributed by atoms with E-state index in [0.717, 1.165) is 24.5 Å². The van der Waals surface area contributed by atoms with Crippen molar-refractivity contribution < 1.29 is 23.1 Å². The first-order valence-electron chi connectivity index (χ1n) is 12.6. The number of ether oxygens (including phenoxy) is 1. The lowest BCUT2D eigenvalue weighted by atomic mass is 10.1. The van der Waals surface area contributed by atoms with Gasteiger partial charge < -0.3 is 19.8 Å². The second kappa shape index (κ2) is 10.2. The van der Waals surface area contributed by atoms with E-state index in [1.165, 1.54) is 24.3 Å². The quantitative estimate of drug-likeness (QED) is 0.250. The summed E-state index contributed by atoms with van der Waals surface area (Å²) in [6.45, 7) is 1.82. The van der Waals surface area contributed by atoms with Crippen molar-refractivity contribution in [1.29, 1.82) is 0 Å². The Morgan fingerprint density at radius 2 is 1.80 bits per heavy atom. The first-order valence-corrected chi connectivity index (χ1v) is 12.6. The second-order valence-electron chi connectivity index (χ2n) is 9.59. The van der Waals surface area contributed by atoms with E-state index >= 15 is 0 Å². The van der Waals surface area contributed by atoms with Gasteiger partial charge >= 0.3 is 0 Å². The largest absolute Gasteiger partial charge is 0.453 e. The van der Waals surface area contributed by atoms with Crippen LogP contribution in [0.2, 0.25) is 0 Å². The first-order chi connectivity index (χ1) is 19.3. The minimum atomic E-state index is -0.682. The van der Waals surface area contributed by atoms with Gasteiger partial charge in [-0.1, -0.05) is 18.2 Å². The van der Waals surface area contributed by atoms with Crippen molar-refractivity contribution in [3.8, 4) is 22.8 Å². The van der Waals surface area contributed by atoms with Gasteiger partial charge in [0, 0.05) is 23.2 Å². The number of carbonyl (C=O) groups is 2. The van der Waals surface area contributed by atoms with Crippen LogP contribution >= 0.6 is 0 Å². The molecule has 3 aromatic heterocycles. The number of rotatable bonds is 7. The fraction of sp³-hybridized carbons (Fsp3) is 0.133. The molecule has 1 saturated carbocycles. The fourth-order valence-electron chi connectivity index (χ4n) is 4.23. The van der Waals surface area contributed by atoms with Crippen molar-refractivity contribution in [2.45, 2.75) is 19.8 Å². The molecule has 8 nitrogen and oxygen atoms in total. The fourth-order valence-corrected chi connectivity index (χ4v) is 4.23. The molecule has 1 aliphatic rings. The Morgan fingerprint density at radius 3 is 2.58 bits per heavy atom. The summed E-state index contributed by atoms with van der Waals surface area (Å²) >= 11 is 0. The predicted octanol–water partition coefficient (Wildman–Crippen LogP) is 6.38. The number of carbonyl (C=O) groups excluding carboxylic acids is 2. The Labute approximate surface area is 227 Å². The number of nitrogens with one attached hydrogen (secondary N) is 2. The lowest BCUT2D eigenvalue weighted by molar-refractivity contribution is -0.117. The van der Waals surface area contributed by atoms with Gasteiger partial charge in [-0.2, -0.15) is 0 Å². The molecule has 10 heteroatoms. The lowest BCUT2D eigenvalue weighted by Crippen LogP contribution is -2.14. The summed E-state index contributed by atoms with van der Waals surface area (Å²) in [5, 5.41) is 5.43. The van der Waals surface area contributed by atoms with Crippen molar-refractivity contribution in [2.75, 3.05) is 10.6 Å². The van der Waals surface area contributed by atoms with E-state index in [1.54, 1.807) is 53.2 Å². The number of pyridine rings is 2. The van der Waals surface area contributed by atoms with Crippen LogP contribution in [-0.2, 0) is 4.79 Å². The Balaban J connectivity index is 1.15. The van der Waals surface area contributed by atoms with Crippen LogP contribution in [0.4, 0.5) is 20.3 Å². The summed E-state index contributed by atoms with van der Waals surface area (Å²) in [7, 11) is 0. The van der Waals surface area contributed by atoms with Crippen LogP contribution in [0, 0.1) is 24.5 Å². The highest BCUT2D eigenvalue weighted by Crippen LogP contribution is 2.31. The summed E-state index contributed by atoms with van der Waals surface area (Å²) in [5.41, 5.74) is 2.73. The van der Waals surface area contributed by atoms with Gasteiger partial charge in [-0.15, -0.1) is 0 Å². The van der Waals surface area contributed by atoms with Crippen molar-refractivity contribution in [3.63, 3.8) is 0 Å². The van der Waals surface area contributed by atoms with Gasteiger partial charge in [0.15, 0.2) is 17.4 Å². The highest BCUT2D eigenvalue weighted by atomic mass is 19.1. The maximum atomic E-state index is 14.9. The number of hydrogen-bond donors (Lipinski definition) is 2. The average molecular weight is 540 g/mol. The molecule has 6 rings (SSSR count). The zero-order chi connectivity index (χ0) is 27.8. The van der Waals surface area contributed by atoms with Gasteiger partial charge in [0.2, 0.25) is 5.91 Å². The van der Waals surface area contributed by atoms with E-state index in [-0.39, 0.29) is 29.0 Å². The molecule has 5 aromatic rings. The number of aromatic nitrogens is 3. The molecule has 0 saturated heterocycles. The summed E-state index contributed by atoms with van der Waals surface area (Å²) in [5.74, 6) is -0.857. The molecule has 40 heavy (non-hydrogen) atoms. The van der Waals surface area contributed by atoms with Gasteiger partial charge in [0.1, 0.15) is 22.9 Å². The minimum Gasteiger partial charge on any atom is -0.453 e. The van der Waals surface area contributed by atoms with Crippen LogP contribution in [0.15, 0.2) is 79.1 Å². The van der Waals surface area contributed by atoms with E-state index in [4.69, 9.17) is 4.74 Å². The van der Waals surface area contributed by atoms with E-state index in [9.17, 15) is 18.4 Å². The topological polar surface area (TPSA) is 97.6 Å². The Bertz CT molecular complexity index is 1780. The molecule has 2 aromatic carbocycles. The zero-order valence-electron chi connectivity index (χ0n) is 21.3. The maximum Gasteiger partial charge on any atom is 0.274 e. The van der Waals surface area contributed by atoms with E-state index < -0.39 is 17.5 Å². The molecule has 3 heterocycles. The molecule has 1 aliphatic carbocycles. The molecular weight excluding hydrogens is 516 g/mol. The number of hydrogen-bond acceptors (Lipinski definition) is 5. The van der Waals surface area contributed by atoms with Crippen LogP contribution in [0.25, 0.3) is 16.9 Å². The van der Waals surface area contributed by atoms with Crippen LogP contribution < -0.4 is 15.4 Å². The summed E-state index contributed by atoms with van der Waals surface area (Å²) in [6, 6.07) is 16.7. The molecular formula is C30H23F2N5O3. The first kappa shape index (κ1) is 25.2. The van der Waals surface area contributed by atoms with Gasteiger partial charge in [-0.05, 0) is 67.8 Å². The molecule has 2 N–H and O–H groups in total. The van der Waals surface area contributed by atoms with Gasteiger partial charge in [-0.25, -0.2) is 18.7 Å². The number of benzene rings is 2. The molecule has 200 valence electrons. The van der Waals surface area contributed by atoms with Gasteiger partial charge in [0.05, 0.1) is 18.1 Å². The number of aryl methyl sites for hydroxylation is 1. The SMILES string of the molecule is Cc1ccc(C(=O)Nc2ccc(Oc3ccc4nc(NC(=O)C5CC5)cn4c3)c(F)c2)nc1-c1cccc(F)c1. The number of fused-ring (bicyclic) bond motifs is 1. The minimum absolute atomic E-state index is 0.0402. The number of amides is 2. The number of imidazole rings is 1. The third-order valence-electron chi connectivity index (χ3n) is 6.47. The van der Waals surface area contributed by atoms with Gasteiger partial charge in [-0.3, -0.25) is 9.59 Å². The predicted molar refractivity (Wildman–Crippen MR) is 145 cm³/mol. The lowest BCUT2D eigenvalue weighted by Gasteiger charge is -2.11. The standard InChI is InChI=1S/C30H23F2N5O3/c1-17-5-10-24(34-28(17)19-3-2-4-20(31)13-19)30(39)33-21-8-11-25(23(32)14-21)40-22-9-12-27-35-26(16-37(27)15-22)36-29(38)18-6-7-18/h2-5,8-16,18H,6-7H2,1H3,(H,33,39)(H,36,38). The highest BCUT2D eigenvalue weighted by molar-refractivity contribution is 6.03. The number of halogens is 2. The third-order valence-corrected chi connectivity index (χ3v) is 6.47. The normalized spacial score (nSPS) is 12.8. The van der Waals surface area contributed by atoms with Gasteiger partial charge in [0.25, 0.3) is 5.91 Å². The van der Waals surface area contributed by atoms with Crippen molar-refractivity contribution in [2.24, 2.45) is 5.92 Å². The summed E-state index contributed by atoms with van der Waals surface area (Å²) < 4.78 is 36.0. The molecule has 0 radical (unpaired) electrons. The van der Waals surface area contributed by atoms with Crippen LogP contribution in [0.1, 0.15) is 28.9 Å². The van der Waals surface area contributed by atoms with Crippen molar-refractivity contribution >= 4 is 29.0 Å². The van der Waals surface area contributed by atoms with Crippen LogP contribution in [-0.4, -0.2) is 26.2 Å². The van der Waals surface area contributed by atoms with Crippen molar-refractivity contribution in [3.05, 3.63) is 102 Å². The van der Waals surface area contributed by atoms with Crippen LogP contribution in [0.3, 0.4) is 0 Å². The average Bonchev–Trinajstić information content (AvgIpc) is 3.71. The Morgan fingerprint density at radius 1 is 0.950 bits per heavy atom. The van der Waals surface area contributed by atoms with E-state index in [2.05, 4.69) is 20.6 Å². The van der Waals surface area contributed by atoms with Crippen molar-refractivity contribution in [1.82, 2.24) is 14.4 Å². The Hall–Kier alpha value is -5.12. The molecule has 0 bridgehead atoms. The summed E-state index contributed by atoms with van der Waals surface area (Å²) in [4.78, 5) is 33.6. The van der Waals surface area contributed by atoms with Crippen LogP contribution in [0.5, 0.6) is 11.5 Å².